The van der Waals surface area contributed by atoms with Crippen LogP contribution in [-0.4, -0.2) is 69.0 Å². The summed E-state index contributed by atoms with van der Waals surface area (Å²) in [6.45, 7) is -0.763. The molecule has 0 unspecified atom stereocenters. The van der Waals surface area contributed by atoms with Crippen LogP contribution in [0, 0.1) is 0 Å². The van der Waals surface area contributed by atoms with Gasteiger partial charge in [-0.15, -0.1) is 0 Å². The first-order chi connectivity index (χ1) is 22.5. The van der Waals surface area contributed by atoms with Gasteiger partial charge in [-0.2, -0.15) is 0 Å². The van der Waals surface area contributed by atoms with Crippen molar-refractivity contribution in [3.8, 4) is 0 Å². The molecule has 2 aromatic rings. The van der Waals surface area contributed by atoms with Crippen LogP contribution < -0.4 is 21.7 Å². The normalized spacial score (nSPS) is 15.4. The second kappa shape index (κ2) is 21.8. The lowest BCUT2D eigenvalue weighted by atomic mass is 10.2. The summed E-state index contributed by atoms with van der Waals surface area (Å²) in [6.07, 6.45) is 0. The van der Waals surface area contributed by atoms with E-state index in [2.05, 4.69) is 30.2 Å². The number of hydrogen-bond acceptors (Lipinski definition) is 9. The van der Waals surface area contributed by atoms with E-state index in [1.807, 2.05) is 60.7 Å². The maximum absolute atomic E-state index is 12.0. The summed E-state index contributed by atoms with van der Waals surface area (Å²) >= 11 is 0. The van der Waals surface area contributed by atoms with Gasteiger partial charge in [0.05, 0.1) is 21.4 Å². The summed E-state index contributed by atoms with van der Waals surface area (Å²) in [7, 11) is -5.15. The quantitative estimate of drug-likeness (QED) is 0.226. The van der Waals surface area contributed by atoms with E-state index in [1.54, 1.807) is 0 Å². The van der Waals surface area contributed by atoms with Crippen LogP contribution >= 0.6 is 0 Å². The zero-order chi connectivity index (χ0) is 37.8. The van der Waals surface area contributed by atoms with Crippen molar-refractivity contribution >= 4 is 29.7 Å². The molecule has 0 fully saturated rings. The molecular formula is C28H40N4O8. The minimum absolute atomic E-state index is 0.281. The van der Waals surface area contributed by atoms with Gasteiger partial charge in [0, 0.05) is 52.0 Å². The van der Waals surface area contributed by atoms with Crippen LogP contribution in [0.2, 0.25) is 0 Å². The van der Waals surface area contributed by atoms with Crippen molar-refractivity contribution in [1.82, 2.24) is 16.0 Å². The van der Waals surface area contributed by atoms with Crippen LogP contribution in [0.25, 0.3) is 0 Å². The van der Waals surface area contributed by atoms with Crippen LogP contribution in [0.15, 0.2) is 60.7 Å². The molecule has 0 saturated heterocycles. The Kier molecular flexibility index (Phi) is 12.3. The van der Waals surface area contributed by atoms with E-state index in [0.29, 0.717) is 6.54 Å². The molecule has 2 atom stereocenters. The van der Waals surface area contributed by atoms with Crippen molar-refractivity contribution in [2.45, 2.75) is 45.9 Å². The van der Waals surface area contributed by atoms with E-state index in [0.717, 1.165) is 18.1 Å². The molecular weight excluding hydrogens is 520 g/mol. The monoisotopic (exact) mass is 569 g/mol. The highest BCUT2D eigenvalue weighted by atomic mass is 16.6. The Balaban J connectivity index is 0.000000749. The lowest BCUT2D eigenvalue weighted by Crippen LogP contribution is -2.48. The van der Waals surface area contributed by atoms with E-state index in [4.69, 9.17) is 18.1 Å². The Morgan fingerprint density at radius 1 is 0.775 bits per heavy atom. The van der Waals surface area contributed by atoms with Gasteiger partial charge in [0.25, 0.3) is 0 Å². The number of methoxy groups -OCH3 is 2. The number of benzene rings is 2. The van der Waals surface area contributed by atoms with Gasteiger partial charge < -0.3 is 35.9 Å². The third kappa shape index (κ3) is 19.0. The second-order valence-corrected chi connectivity index (χ2v) is 7.77. The Morgan fingerprint density at radius 3 is 1.70 bits per heavy atom. The molecule has 0 saturated carbocycles. The van der Waals surface area contributed by atoms with Gasteiger partial charge in [-0.25, -0.2) is 0 Å². The number of nitrogens with two attached hydrogens (primary N) is 1. The first-order valence-corrected chi connectivity index (χ1v) is 11.7. The van der Waals surface area contributed by atoms with Gasteiger partial charge in [0.2, 0.25) is 17.7 Å². The smallest absolute Gasteiger partial charge is 0.310 e. The molecule has 40 heavy (non-hydrogen) atoms. The van der Waals surface area contributed by atoms with Crippen molar-refractivity contribution in [2.75, 3.05) is 27.3 Å². The highest BCUT2D eigenvalue weighted by Gasteiger charge is 2.18. The van der Waals surface area contributed by atoms with Crippen molar-refractivity contribution in [1.29, 1.82) is 0 Å². The summed E-state index contributed by atoms with van der Waals surface area (Å²) in [5, 5.41) is 7.59. The molecule has 3 amide bonds. The Morgan fingerprint density at radius 2 is 1.27 bits per heavy atom. The van der Waals surface area contributed by atoms with Crippen LogP contribution in [0.5, 0.6) is 0 Å². The Labute approximate surface area is 247 Å². The van der Waals surface area contributed by atoms with Gasteiger partial charge in [-0.1, -0.05) is 60.7 Å². The fourth-order valence-corrected chi connectivity index (χ4v) is 2.63. The fourth-order valence-electron chi connectivity index (χ4n) is 2.63. The minimum Gasteiger partial charge on any atom is -0.394 e. The molecule has 0 aliphatic carbocycles. The second-order valence-electron chi connectivity index (χ2n) is 7.77. The topological polar surface area (TPSA) is 175 Å². The standard InChI is InChI=1S/C13H18N2O3.C11H16N2O2.C4H6O3/c1-10(16)15-12(9-18-2)13(17)14-8-11-6-4-3-5-7-11;1-15-8-10(12)11(14)13-7-9-5-3-2-4-6-9;1-3(5)7-4(2)6/h3-7,12H,8-9H2,1-2H3,(H,14,17)(H,15,16);2-6,10H,7-8,12H2,1H3,(H,13,14);1-2H3/t12-;10-;/m11./s1/i2D3;2*1D3. The van der Waals surface area contributed by atoms with Gasteiger partial charge in [-0.3, -0.25) is 24.0 Å². The fraction of sp³-hybridized carbons (Fsp3) is 0.393. The Hall–Kier alpha value is -4.13. The van der Waals surface area contributed by atoms with Crippen LogP contribution in [0.1, 0.15) is 44.2 Å². The summed E-state index contributed by atoms with van der Waals surface area (Å²) in [5.74, 6) is -3.79. The highest BCUT2D eigenvalue weighted by molar-refractivity contribution is 5.87. The first kappa shape index (κ1) is 22.7. The molecule has 0 radical (unpaired) electrons. The van der Waals surface area contributed by atoms with Gasteiger partial charge >= 0.3 is 11.9 Å². The molecule has 2 aromatic carbocycles. The van der Waals surface area contributed by atoms with Crippen LogP contribution in [0.4, 0.5) is 0 Å². The zero-order valence-corrected chi connectivity index (χ0v) is 22.1. The zero-order valence-electron chi connectivity index (χ0n) is 31.1. The average Bonchev–Trinajstić information content (AvgIpc) is 2.99. The average molecular weight is 570 g/mol. The van der Waals surface area contributed by atoms with Crippen LogP contribution in [0.3, 0.4) is 0 Å². The molecule has 0 aliphatic heterocycles. The number of esters is 2. The molecule has 220 valence electrons. The molecule has 2 rings (SSSR count). The third-order valence-corrected chi connectivity index (χ3v) is 4.40. The third-order valence-electron chi connectivity index (χ3n) is 4.40. The van der Waals surface area contributed by atoms with Crippen molar-refractivity contribution < 1.29 is 50.5 Å². The number of carbonyl (C=O) groups is 5. The molecule has 0 aliphatic rings. The lowest BCUT2D eigenvalue weighted by Gasteiger charge is -2.16. The molecule has 5 N–H and O–H groups in total. The predicted molar refractivity (Wildman–Crippen MR) is 148 cm³/mol. The minimum atomic E-state index is -2.84. The van der Waals surface area contributed by atoms with Crippen LogP contribution in [-0.2, 0) is 51.3 Å². The predicted octanol–water partition coefficient (Wildman–Crippen LogP) is 0.826. The summed E-state index contributed by atoms with van der Waals surface area (Å²) in [5.41, 5.74) is 7.33. The largest absolute Gasteiger partial charge is 0.394 e. The van der Waals surface area contributed by atoms with Crippen molar-refractivity contribution in [3.63, 3.8) is 0 Å². The van der Waals surface area contributed by atoms with Gasteiger partial charge in [0.1, 0.15) is 12.1 Å². The highest BCUT2D eigenvalue weighted by Crippen LogP contribution is 1.98. The number of carbonyl (C=O) groups excluding carboxylic acids is 5. The number of hydrogen-bond donors (Lipinski definition) is 4. The summed E-state index contributed by atoms with van der Waals surface area (Å²) in [6, 6.07) is 16.5. The van der Waals surface area contributed by atoms with E-state index in [9.17, 15) is 24.0 Å². The number of amides is 3. The molecule has 0 heterocycles. The number of rotatable bonds is 11. The lowest BCUT2D eigenvalue weighted by molar-refractivity contribution is -0.156. The maximum Gasteiger partial charge on any atom is 0.310 e. The van der Waals surface area contributed by atoms with E-state index in [1.165, 1.54) is 6.92 Å². The molecule has 0 bridgehead atoms. The Bertz CT molecular complexity index is 1330. The van der Waals surface area contributed by atoms with Crippen molar-refractivity contribution in [2.24, 2.45) is 5.73 Å². The van der Waals surface area contributed by atoms with Gasteiger partial charge in [-0.05, 0) is 11.1 Å². The van der Waals surface area contributed by atoms with E-state index in [-0.39, 0.29) is 13.2 Å². The summed E-state index contributed by atoms with van der Waals surface area (Å²) in [4.78, 5) is 54.9. The number of ether oxygens (including phenoxy) is 3. The molecule has 12 heteroatoms. The first-order valence-electron chi connectivity index (χ1n) is 16.2. The summed E-state index contributed by atoms with van der Waals surface area (Å²) < 4.78 is 73.5. The maximum atomic E-state index is 12.0. The number of nitrogens with one attached hydrogen (secondary N) is 3. The van der Waals surface area contributed by atoms with Gasteiger partial charge in [0.15, 0.2) is 0 Å². The molecule has 0 aromatic heterocycles. The molecule has 12 nitrogen and oxygen atoms in total. The van der Waals surface area contributed by atoms with E-state index < -0.39 is 69.3 Å². The van der Waals surface area contributed by atoms with Crippen molar-refractivity contribution in [3.05, 3.63) is 71.8 Å². The van der Waals surface area contributed by atoms with E-state index >= 15 is 0 Å². The SMILES string of the molecule is [2H]C([2H])([2H])C(=O)OC(C)=O.[2H]C([2H])([2H])OC[C@@H](N)C(=O)NCc1ccccc1.[2H]C([2H])([2H])OC[C@@H](NC(C)=O)C(=O)NCc1ccccc1. The molecule has 0 spiro atoms.